The minimum absolute atomic E-state index is 0.00776. The lowest BCUT2D eigenvalue weighted by atomic mass is 9.90. The maximum absolute atomic E-state index is 13.7. The van der Waals surface area contributed by atoms with Gasteiger partial charge in [0, 0.05) is 32.7 Å². The van der Waals surface area contributed by atoms with Gasteiger partial charge in [0.25, 0.3) is 0 Å². The van der Waals surface area contributed by atoms with Crippen molar-refractivity contribution in [2.45, 2.75) is 58.6 Å². The number of nitrogens with zero attached hydrogens (tertiary/aromatic N) is 6. The molecule has 3 aromatic rings. The van der Waals surface area contributed by atoms with Crippen LogP contribution in [0, 0.1) is 18.7 Å². The van der Waals surface area contributed by atoms with Gasteiger partial charge in [0.2, 0.25) is 11.9 Å². The van der Waals surface area contributed by atoms with E-state index in [0.29, 0.717) is 36.9 Å². The largest absolute Gasteiger partial charge is 0.359 e. The molecular formula is C25H33FN6O2Si. The Balaban J connectivity index is 1.56. The molecule has 1 aliphatic rings. The SMILES string of the molecule is Cc1cc(CC2CCCN(c3nc(-c4ccnnc4)nn3COCC[Si](C)(C)C)C2=O)ccc1F. The smallest absolute Gasteiger partial charge is 0.233 e. The first-order valence-electron chi connectivity index (χ1n) is 12.1. The molecule has 1 aromatic carbocycles. The van der Waals surface area contributed by atoms with E-state index in [1.54, 1.807) is 41.0 Å². The van der Waals surface area contributed by atoms with Crippen LogP contribution in [0.1, 0.15) is 24.0 Å². The van der Waals surface area contributed by atoms with Gasteiger partial charge in [0.05, 0.1) is 12.4 Å². The summed E-state index contributed by atoms with van der Waals surface area (Å²) in [6, 6.07) is 7.89. The molecule has 0 N–H and O–H groups in total. The second-order valence-corrected chi connectivity index (χ2v) is 16.0. The summed E-state index contributed by atoms with van der Waals surface area (Å²) in [5.41, 5.74) is 2.28. The van der Waals surface area contributed by atoms with E-state index in [1.165, 1.54) is 6.07 Å². The number of carbonyl (C=O) groups excluding carboxylic acids is 1. The van der Waals surface area contributed by atoms with Gasteiger partial charge in [0.1, 0.15) is 12.5 Å². The Morgan fingerprint density at radius 2 is 2.03 bits per heavy atom. The standard InChI is InChI=1S/C25H33FN6O2Si/c1-18-14-19(7-8-22(18)26)15-20-6-5-11-31(24(20)33)25-29-23(21-9-10-27-28-16-21)30-32(25)17-34-12-13-35(2,3)4/h7-10,14,16,20H,5-6,11-13,15,17H2,1-4H3. The molecule has 4 rings (SSSR count). The number of benzene rings is 1. The van der Waals surface area contributed by atoms with Crippen LogP contribution in [0.4, 0.5) is 10.3 Å². The third kappa shape index (κ3) is 6.37. The van der Waals surface area contributed by atoms with Crippen LogP contribution in [-0.4, -0.2) is 52.1 Å². The molecule has 0 saturated carbocycles. The Kier molecular flexibility index (Phi) is 7.71. The van der Waals surface area contributed by atoms with Gasteiger partial charge in [-0.3, -0.25) is 9.69 Å². The Labute approximate surface area is 206 Å². The number of ether oxygens (including phenoxy) is 1. The number of aromatic nitrogens is 5. The number of aryl methyl sites for hydroxylation is 1. The van der Waals surface area contributed by atoms with Crippen molar-refractivity contribution in [2.24, 2.45) is 5.92 Å². The first-order valence-corrected chi connectivity index (χ1v) is 15.8. The monoisotopic (exact) mass is 496 g/mol. The molecule has 10 heteroatoms. The van der Waals surface area contributed by atoms with Crippen LogP contribution in [0.2, 0.25) is 25.7 Å². The van der Waals surface area contributed by atoms with E-state index in [2.05, 4.69) is 34.9 Å². The number of carbonyl (C=O) groups is 1. The zero-order chi connectivity index (χ0) is 25.0. The molecule has 1 unspecified atom stereocenters. The average molecular weight is 497 g/mol. The van der Waals surface area contributed by atoms with Gasteiger partial charge in [-0.2, -0.15) is 15.2 Å². The predicted molar refractivity (Wildman–Crippen MR) is 135 cm³/mol. The zero-order valence-corrected chi connectivity index (χ0v) is 21.9. The van der Waals surface area contributed by atoms with E-state index >= 15 is 0 Å². The van der Waals surface area contributed by atoms with Crippen molar-refractivity contribution in [1.82, 2.24) is 25.0 Å². The second-order valence-electron chi connectivity index (χ2n) is 10.3. The quantitative estimate of drug-likeness (QED) is 0.321. The second kappa shape index (κ2) is 10.7. The van der Waals surface area contributed by atoms with E-state index in [1.807, 2.05) is 6.07 Å². The molecule has 186 valence electrons. The lowest BCUT2D eigenvalue weighted by Gasteiger charge is -2.31. The molecule has 0 spiro atoms. The first-order chi connectivity index (χ1) is 16.7. The van der Waals surface area contributed by atoms with Crippen LogP contribution in [0.3, 0.4) is 0 Å². The van der Waals surface area contributed by atoms with Crippen LogP contribution in [0.15, 0.2) is 36.7 Å². The summed E-state index contributed by atoms with van der Waals surface area (Å²) >= 11 is 0. The van der Waals surface area contributed by atoms with Crippen molar-refractivity contribution in [2.75, 3.05) is 18.1 Å². The Bertz CT molecular complexity index is 1160. The maximum atomic E-state index is 13.7. The van der Waals surface area contributed by atoms with Crippen LogP contribution >= 0.6 is 0 Å². The minimum Gasteiger partial charge on any atom is -0.359 e. The van der Waals surface area contributed by atoms with E-state index in [-0.39, 0.29) is 24.4 Å². The summed E-state index contributed by atoms with van der Waals surface area (Å²) in [6.07, 6.45) is 5.40. The fraction of sp³-hybridized carbons (Fsp3) is 0.480. The third-order valence-corrected chi connectivity index (χ3v) is 7.90. The summed E-state index contributed by atoms with van der Waals surface area (Å²) in [5, 5.41) is 12.4. The molecule has 35 heavy (non-hydrogen) atoms. The van der Waals surface area contributed by atoms with Gasteiger partial charge in [-0.25, -0.2) is 9.07 Å². The summed E-state index contributed by atoms with van der Waals surface area (Å²) in [5.74, 6) is 0.541. The highest BCUT2D eigenvalue weighted by atomic mass is 28.3. The van der Waals surface area contributed by atoms with Gasteiger partial charge < -0.3 is 4.74 Å². The third-order valence-electron chi connectivity index (χ3n) is 6.20. The number of anilines is 1. The minimum atomic E-state index is -1.23. The normalized spacial score (nSPS) is 16.7. The predicted octanol–water partition coefficient (Wildman–Crippen LogP) is 4.48. The zero-order valence-electron chi connectivity index (χ0n) is 20.9. The lowest BCUT2D eigenvalue weighted by Crippen LogP contribution is -2.43. The first kappa shape index (κ1) is 25.1. The highest BCUT2D eigenvalue weighted by Gasteiger charge is 2.33. The molecule has 0 bridgehead atoms. The molecule has 3 heterocycles. The van der Waals surface area contributed by atoms with E-state index < -0.39 is 8.07 Å². The van der Waals surface area contributed by atoms with Crippen molar-refractivity contribution in [3.8, 4) is 11.4 Å². The molecule has 2 aromatic heterocycles. The molecule has 1 atom stereocenters. The van der Waals surface area contributed by atoms with Crippen LogP contribution in [0.25, 0.3) is 11.4 Å². The number of halogens is 1. The molecule has 8 nitrogen and oxygen atoms in total. The summed E-state index contributed by atoms with van der Waals surface area (Å²) in [6.45, 7) is 10.1. The van der Waals surface area contributed by atoms with Gasteiger partial charge in [-0.1, -0.05) is 31.8 Å². The average Bonchev–Trinajstić information content (AvgIpc) is 3.24. The van der Waals surface area contributed by atoms with E-state index in [0.717, 1.165) is 30.0 Å². The molecule has 0 radical (unpaired) electrons. The fourth-order valence-corrected chi connectivity index (χ4v) is 4.91. The summed E-state index contributed by atoms with van der Waals surface area (Å²) in [7, 11) is -1.23. The van der Waals surface area contributed by atoms with Crippen LogP contribution in [0.5, 0.6) is 0 Å². The molecule has 0 aliphatic carbocycles. The number of piperidine rings is 1. The molecular weight excluding hydrogens is 463 g/mol. The van der Waals surface area contributed by atoms with Crippen molar-refractivity contribution in [3.05, 3.63) is 53.6 Å². The molecule has 1 fully saturated rings. The van der Waals surface area contributed by atoms with Crippen molar-refractivity contribution < 1.29 is 13.9 Å². The number of rotatable bonds is 9. The van der Waals surface area contributed by atoms with Crippen molar-refractivity contribution in [3.63, 3.8) is 0 Å². The van der Waals surface area contributed by atoms with Gasteiger partial charge >= 0.3 is 0 Å². The summed E-state index contributed by atoms with van der Waals surface area (Å²) < 4.78 is 21.3. The van der Waals surface area contributed by atoms with E-state index in [9.17, 15) is 9.18 Å². The van der Waals surface area contributed by atoms with Gasteiger partial charge in [-0.15, -0.1) is 5.10 Å². The Hall–Kier alpha value is -2.98. The van der Waals surface area contributed by atoms with Crippen molar-refractivity contribution in [1.29, 1.82) is 0 Å². The highest BCUT2D eigenvalue weighted by molar-refractivity contribution is 6.76. The molecule has 1 amide bonds. The number of hydrogen-bond donors (Lipinski definition) is 0. The highest BCUT2D eigenvalue weighted by Crippen LogP contribution is 2.28. The molecule has 1 aliphatic heterocycles. The van der Waals surface area contributed by atoms with Crippen LogP contribution in [-0.2, 0) is 22.7 Å². The van der Waals surface area contributed by atoms with Gasteiger partial charge in [0.15, 0.2) is 5.82 Å². The van der Waals surface area contributed by atoms with Crippen LogP contribution < -0.4 is 4.90 Å². The number of hydrogen-bond acceptors (Lipinski definition) is 6. The summed E-state index contributed by atoms with van der Waals surface area (Å²) in [4.78, 5) is 20.0. The topological polar surface area (TPSA) is 86.0 Å². The van der Waals surface area contributed by atoms with E-state index in [4.69, 9.17) is 9.72 Å². The number of amides is 1. The van der Waals surface area contributed by atoms with Gasteiger partial charge in [-0.05, 0) is 55.5 Å². The Morgan fingerprint density at radius 3 is 2.74 bits per heavy atom. The lowest BCUT2D eigenvalue weighted by molar-refractivity contribution is -0.123. The molecule has 1 saturated heterocycles. The maximum Gasteiger partial charge on any atom is 0.233 e. The van der Waals surface area contributed by atoms with Crippen molar-refractivity contribution >= 4 is 19.9 Å². The Morgan fingerprint density at radius 1 is 1.20 bits per heavy atom. The fourth-order valence-electron chi connectivity index (χ4n) is 4.15.